The third kappa shape index (κ3) is 2.66. The van der Waals surface area contributed by atoms with Crippen LogP contribution in [0, 0.1) is 18.7 Å². The van der Waals surface area contributed by atoms with Crippen LogP contribution in [-0.2, 0) is 9.59 Å². The van der Waals surface area contributed by atoms with Crippen LogP contribution in [0.15, 0.2) is 18.2 Å². The van der Waals surface area contributed by atoms with Crippen LogP contribution in [0.2, 0.25) is 0 Å². The van der Waals surface area contributed by atoms with E-state index in [0.29, 0.717) is 30.4 Å². The minimum absolute atomic E-state index is 0.0975. The van der Waals surface area contributed by atoms with Gasteiger partial charge in [-0.3, -0.25) is 9.59 Å². The number of aryl methyl sites for hydroxylation is 1. The van der Waals surface area contributed by atoms with E-state index >= 15 is 0 Å². The molecule has 0 aromatic heterocycles. The fourth-order valence-electron chi connectivity index (χ4n) is 2.74. The van der Waals surface area contributed by atoms with Crippen molar-refractivity contribution in [2.24, 2.45) is 5.92 Å². The summed E-state index contributed by atoms with van der Waals surface area (Å²) in [6.07, 6.45) is 1.31. The Morgan fingerprint density at radius 3 is 2.75 bits per heavy atom. The standard InChI is InChI=1S/C15H18FNO3/c1-9-6-7-10(8-12(9)16)14-11(15(19)20)4-3-5-13(18)17(14)2/h6-8,11,14H,3-5H2,1-2H3,(H,19,20). The van der Waals surface area contributed by atoms with E-state index in [1.807, 2.05) is 0 Å². The van der Waals surface area contributed by atoms with E-state index in [-0.39, 0.29) is 11.7 Å². The fraction of sp³-hybridized carbons (Fsp3) is 0.467. The van der Waals surface area contributed by atoms with E-state index < -0.39 is 17.9 Å². The highest BCUT2D eigenvalue weighted by molar-refractivity contribution is 5.79. The Morgan fingerprint density at radius 1 is 1.45 bits per heavy atom. The zero-order chi connectivity index (χ0) is 14.9. The zero-order valence-electron chi connectivity index (χ0n) is 11.6. The van der Waals surface area contributed by atoms with Gasteiger partial charge in [0.25, 0.3) is 0 Å². The molecule has 1 aromatic carbocycles. The SMILES string of the molecule is Cc1ccc(C2C(C(=O)O)CCCC(=O)N2C)cc1F. The molecule has 0 saturated carbocycles. The van der Waals surface area contributed by atoms with Crippen molar-refractivity contribution in [1.82, 2.24) is 4.90 Å². The van der Waals surface area contributed by atoms with Crippen LogP contribution in [-0.4, -0.2) is 28.9 Å². The van der Waals surface area contributed by atoms with Gasteiger partial charge in [-0.15, -0.1) is 0 Å². The van der Waals surface area contributed by atoms with Crippen molar-refractivity contribution >= 4 is 11.9 Å². The number of likely N-dealkylation sites (tertiary alicyclic amines) is 1. The maximum atomic E-state index is 13.7. The Morgan fingerprint density at radius 2 is 2.15 bits per heavy atom. The molecule has 108 valence electrons. The predicted molar refractivity (Wildman–Crippen MR) is 71.6 cm³/mol. The highest BCUT2D eigenvalue weighted by Crippen LogP contribution is 2.35. The number of hydrogen-bond donors (Lipinski definition) is 1. The van der Waals surface area contributed by atoms with Crippen LogP contribution in [0.1, 0.15) is 36.4 Å². The largest absolute Gasteiger partial charge is 0.481 e. The molecule has 1 N–H and O–H groups in total. The molecular formula is C15H18FNO3. The summed E-state index contributed by atoms with van der Waals surface area (Å²) in [6, 6.07) is 4.05. The summed E-state index contributed by atoms with van der Waals surface area (Å²) in [6.45, 7) is 1.65. The van der Waals surface area contributed by atoms with Crippen LogP contribution < -0.4 is 0 Å². The van der Waals surface area contributed by atoms with E-state index in [9.17, 15) is 19.1 Å². The average Bonchev–Trinajstić information content (AvgIpc) is 2.54. The Balaban J connectivity index is 2.47. The topological polar surface area (TPSA) is 57.6 Å². The van der Waals surface area contributed by atoms with Crippen molar-refractivity contribution in [3.8, 4) is 0 Å². The molecule has 4 nitrogen and oxygen atoms in total. The number of nitrogens with zero attached hydrogens (tertiary/aromatic N) is 1. The number of carboxylic acid groups (broad SMARTS) is 1. The monoisotopic (exact) mass is 279 g/mol. The van der Waals surface area contributed by atoms with E-state index in [0.717, 1.165) is 0 Å². The van der Waals surface area contributed by atoms with Crippen LogP contribution >= 0.6 is 0 Å². The smallest absolute Gasteiger partial charge is 0.308 e. The number of carbonyl (C=O) groups excluding carboxylic acids is 1. The van der Waals surface area contributed by atoms with Crippen LogP contribution in [0.4, 0.5) is 4.39 Å². The van der Waals surface area contributed by atoms with Gasteiger partial charge in [-0.2, -0.15) is 0 Å². The molecule has 2 atom stereocenters. The minimum atomic E-state index is -0.947. The van der Waals surface area contributed by atoms with Gasteiger partial charge in [0, 0.05) is 13.5 Å². The molecule has 1 saturated heterocycles. The summed E-state index contributed by atoms with van der Waals surface area (Å²) >= 11 is 0. The lowest BCUT2D eigenvalue weighted by molar-refractivity contribution is -0.145. The second-order valence-electron chi connectivity index (χ2n) is 5.30. The van der Waals surface area contributed by atoms with Crippen molar-refractivity contribution in [1.29, 1.82) is 0 Å². The van der Waals surface area contributed by atoms with Gasteiger partial charge >= 0.3 is 5.97 Å². The summed E-state index contributed by atoms with van der Waals surface area (Å²) in [5, 5.41) is 9.39. The fourth-order valence-corrected chi connectivity index (χ4v) is 2.74. The summed E-state index contributed by atoms with van der Waals surface area (Å²) in [5.41, 5.74) is 1.04. The second kappa shape index (κ2) is 5.61. The molecule has 1 amide bonds. The van der Waals surface area contributed by atoms with Crippen molar-refractivity contribution in [2.75, 3.05) is 7.05 Å². The maximum absolute atomic E-state index is 13.7. The molecule has 1 aromatic rings. The number of hydrogen-bond acceptors (Lipinski definition) is 2. The van der Waals surface area contributed by atoms with Crippen LogP contribution in [0.5, 0.6) is 0 Å². The summed E-state index contributed by atoms with van der Waals surface area (Å²) < 4.78 is 13.7. The molecule has 2 unspecified atom stereocenters. The first-order chi connectivity index (χ1) is 9.41. The Bertz CT molecular complexity index is 544. The lowest BCUT2D eigenvalue weighted by atomic mass is 9.89. The third-order valence-corrected chi connectivity index (χ3v) is 3.95. The molecule has 1 aliphatic heterocycles. The molecule has 5 heteroatoms. The molecule has 0 aliphatic carbocycles. The lowest BCUT2D eigenvalue weighted by Crippen LogP contribution is -2.36. The average molecular weight is 279 g/mol. The normalized spacial score (nSPS) is 23.6. The summed E-state index contributed by atoms with van der Waals surface area (Å²) in [4.78, 5) is 24.9. The number of carbonyl (C=O) groups is 2. The van der Waals surface area contributed by atoms with Crippen molar-refractivity contribution < 1.29 is 19.1 Å². The lowest BCUT2D eigenvalue weighted by Gasteiger charge is -2.30. The van der Waals surface area contributed by atoms with Crippen molar-refractivity contribution in [2.45, 2.75) is 32.2 Å². The van der Waals surface area contributed by atoms with Crippen LogP contribution in [0.25, 0.3) is 0 Å². The highest BCUT2D eigenvalue weighted by Gasteiger charge is 2.36. The first-order valence-electron chi connectivity index (χ1n) is 6.66. The van der Waals surface area contributed by atoms with Gasteiger partial charge in [0.05, 0.1) is 12.0 Å². The van der Waals surface area contributed by atoms with Crippen molar-refractivity contribution in [3.63, 3.8) is 0 Å². The first-order valence-corrected chi connectivity index (χ1v) is 6.66. The van der Waals surface area contributed by atoms with Crippen LogP contribution in [0.3, 0.4) is 0 Å². The molecule has 0 radical (unpaired) electrons. The van der Waals surface area contributed by atoms with E-state index in [2.05, 4.69) is 0 Å². The number of halogens is 1. The number of carboxylic acids is 1. The predicted octanol–water partition coefficient (Wildman–Crippen LogP) is 2.52. The summed E-state index contributed by atoms with van der Waals surface area (Å²) in [7, 11) is 1.59. The molecule has 1 fully saturated rings. The van der Waals surface area contributed by atoms with E-state index in [1.165, 1.54) is 11.0 Å². The van der Waals surface area contributed by atoms with Gasteiger partial charge in [0.15, 0.2) is 0 Å². The summed E-state index contributed by atoms with van der Waals surface area (Å²) in [5.74, 6) is -2.12. The molecule has 2 rings (SSSR count). The zero-order valence-corrected chi connectivity index (χ0v) is 11.6. The maximum Gasteiger partial charge on any atom is 0.308 e. The number of aliphatic carboxylic acids is 1. The molecule has 1 heterocycles. The Labute approximate surface area is 117 Å². The van der Waals surface area contributed by atoms with Gasteiger partial charge in [-0.05, 0) is 37.0 Å². The Kier molecular flexibility index (Phi) is 4.06. The van der Waals surface area contributed by atoms with E-state index in [4.69, 9.17) is 0 Å². The highest BCUT2D eigenvalue weighted by atomic mass is 19.1. The van der Waals surface area contributed by atoms with Gasteiger partial charge < -0.3 is 10.0 Å². The molecule has 0 spiro atoms. The van der Waals surface area contributed by atoms with E-state index in [1.54, 1.807) is 26.1 Å². The minimum Gasteiger partial charge on any atom is -0.481 e. The third-order valence-electron chi connectivity index (χ3n) is 3.95. The number of amides is 1. The molecule has 20 heavy (non-hydrogen) atoms. The second-order valence-corrected chi connectivity index (χ2v) is 5.30. The molecular weight excluding hydrogens is 261 g/mol. The number of benzene rings is 1. The van der Waals surface area contributed by atoms with Gasteiger partial charge in [-0.1, -0.05) is 12.1 Å². The van der Waals surface area contributed by atoms with Gasteiger partial charge in [0.2, 0.25) is 5.91 Å². The van der Waals surface area contributed by atoms with Gasteiger partial charge in [-0.25, -0.2) is 4.39 Å². The molecule has 0 bridgehead atoms. The van der Waals surface area contributed by atoms with Gasteiger partial charge in [0.1, 0.15) is 5.82 Å². The number of rotatable bonds is 2. The molecule has 1 aliphatic rings. The van der Waals surface area contributed by atoms with Crippen molar-refractivity contribution in [3.05, 3.63) is 35.1 Å². The first kappa shape index (κ1) is 14.5. The Hall–Kier alpha value is -1.91. The quantitative estimate of drug-likeness (QED) is 0.905.